The van der Waals surface area contributed by atoms with Crippen LogP contribution >= 0.6 is 0 Å². The van der Waals surface area contributed by atoms with E-state index in [4.69, 9.17) is 5.11 Å². The number of carboxylic acids is 1. The number of carbonyl (C=O) groups is 3. The maximum atomic E-state index is 11.4. The predicted octanol–water partition coefficient (Wildman–Crippen LogP) is -0.340. The summed E-state index contributed by atoms with van der Waals surface area (Å²) >= 11 is 0. The van der Waals surface area contributed by atoms with Crippen LogP contribution in [0.1, 0.15) is 20.8 Å². The average Bonchev–Trinajstić information content (AvgIpc) is 2.24. The van der Waals surface area contributed by atoms with Crippen LogP contribution in [0.15, 0.2) is 11.1 Å². The molecule has 0 unspecified atom stereocenters. The van der Waals surface area contributed by atoms with Crippen molar-refractivity contribution in [1.29, 1.82) is 0 Å². The molecular formula is C10H16N2O4. The first-order valence-electron chi connectivity index (χ1n) is 4.85. The lowest BCUT2D eigenvalue weighted by molar-refractivity contribution is -0.133. The van der Waals surface area contributed by atoms with Crippen LogP contribution in [-0.2, 0) is 14.4 Å². The molecule has 0 bridgehead atoms. The van der Waals surface area contributed by atoms with E-state index in [0.717, 1.165) is 0 Å². The molecule has 0 saturated heterocycles. The van der Waals surface area contributed by atoms with Crippen molar-refractivity contribution in [1.82, 2.24) is 10.6 Å². The lowest BCUT2D eigenvalue weighted by atomic mass is 10.1. The summed E-state index contributed by atoms with van der Waals surface area (Å²) in [5.74, 6) is -2.01. The summed E-state index contributed by atoms with van der Waals surface area (Å²) in [5, 5.41) is 13.5. The second-order valence-electron chi connectivity index (χ2n) is 3.19. The third kappa shape index (κ3) is 4.59. The van der Waals surface area contributed by atoms with E-state index < -0.39 is 11.9 Å². The molecule has 90 valence electrons. The van der Waals surface area contributed by atoms with E-state index >= 15 is 0 Å². The van der Waals surface area contributed by atoms with Crippen molar-refractivity contribution in [2.24, 2.45) is 0 Å². The van der Waals surface area contributed by atoms with Crippen LogP contribution in [0.25, 0.3) is 0 Å². The van der Waals surface area contributed by atoms with Crippen LogP contribution in [-0.4, -0.2) is 36.0 Å². The van der Waals surface area contributed by atoms with Crippen molar-refractivity contribution >= 4 is 17.8 Å². The summed E-state index contributed by atoms with van der Waals surface area (Å²) < 4.78 is 0. The first-order valence-corrected chi connectivity index (χ1v) is 4.85. The van der Waals surface area contributed by atoms with E-state index in [1.807, 2.05) is 0 Å². The molecule has 0 aromatic carbocycles. The Morgan fingerprint density at radius 3 is 2.06 bits per heavy atom. The molecule has 0 heterocycles. The van der Waals surface area contributed by atoms with E-state index in [9.17, 15) is 14.4 Å². The molecule has 0 fully saturated rings. The minimum Gasteiger partial charge on any atom is -0.478 e. The fraction of sp³-hybridized carbons (Fsp3) is 0.500. The Labute approximate surface area is 93.7 Å². The molecule has 6 heteroatoms. The zero-order valence-electron chi connectivity index (χ0n) is 9.59. The van der Waals surface area contributed by atoms with E-state index in [1.165, 1.54) is 13.8 Å². The van der Waals surface area contributed by atoms with Crippen molar-refractivity contribution in [3.8, 4) is 0 Å². The van der Waals surface area contributed by atoms with Gasteiger partial charge in [-0.1, -0.05) is 0 Å². The van der Waals surface area contributed by atoms with Crippen LogP contribution < -0.4 is 10.6 Å². The van der Waals surface area contributed by atoms with Gasteiger partial charge in [-0.15, -0.1) is 0 Å². The molecule has 16 heavy (non-hydrogen) atoms. The van der Waals surface area contributed by atoms with Gasteiger partial charge < -0.3 is 15.7 Å². The zero-order valence-corrected chi connectivity index (χ0v) is 9.59. The largest absolute Gasteiger partial charge is 0.478 e. The highest BCUT2D eigenvalue weighted by Gasteiger charge is 2.12. The molecule has 0 aliphatic carbocycles. The Bertz CT molecular complexity index is 334. The van der Waals surface area contributed by atoms with Gasteiger partial charge in [-0.3, -0.25) is 9.59 Å². The summed E-state index contributed by atoms with van der Waals surface area (Å²) in [7, 11) is 0. The molecule has 0 radical (unpaired) electrons. The Kier molecular flexibility index (Phi) is 5.84. The standard InChI is InChI=1S/C10H16N2O4/c1-4-11-8(13)5-12-9(14)6(2)7(3)10(15)16/h4-5H2,1-3H3,(H,11,13)(H,12,14)(H,15,16). The molecular weight excluding hydrogens is 212 g/mol. The van der Waals surface area contributed by atoms with Gasteiger partial charge in [0.05, 0.1) is 6.54 Å². The van der Waals surface area contributed by atoms with Gasteiger partial charge in [0.15, 0.2) is 0 Å². The zero-order chi connectivity index (χ0) is 12.7. The number of nitrogens with one attached hydrogen (secondary N) is 2. The van der Waals surface area contributed by atoms with Crippen molar-refractivity contribution in [3.63, 3.8) is 0 Å². The highest BCUT2D eigenvalue weighted by molar-refractivity contribution is 6.02. The van der Waals surface area contributed by atoms with Crippen LogP contribution in [0, 0.1) is 0 Å². The van der Waals surface area contributed by atoms with Crippen LogP contribution in [0.4, 0.5) is 0 Å². The van der Waals surface area contributed by atoms with Gasteiger partial charge in [-0.05, 0) is 20.8 Å². The molecule has 0 atom stereocenters. The summed E-state index contributed by atoms with van der Waals surface area (Å²) in [6.45, 7) is 4.83. The molecule has 0 rings (SSSR count). The quantitative estimate of drug-likeness (QED) is 0.561. The molecule has 0 saturated carbocycles. The summed E-state index contributed by atoms with van der Waals surface area (Å²) in [5.41, 5.74) is 0.0604. The SMILES string of the molecule is CCNC(=O)CNC(=O)C(C)=C(C)C(=O)O. The fourth-order valence-electron chi connectivity index (χ4n) is 0.884. The van der Waals surface area contributed by atoms with E-state index in [2.05, 4.69) is 10.6 Å². The lowest BCUT2D eigenvalue weighted by Gasteiger charge is -2.06. The lowest BCUT2D eigenvalue weighted by Crippen LogP contribution is -2.37. The molecule has 6 nitrogen and oxygen atoms in total. The Morgan fingerprint density at radius 2 is 1.62 bits per heavy atom. The average molecular weight is 228 g/mol. The first kappa shape index (κ1) is 14.2. The number of hydrogen-bond donors (Lipinski definition) is 3. The normalized spacial score (nSPS) is 11.4. The van der Waals surface area contributed by atoms with Crippen molar-refractivity contribution in [2.45, 2.75) is 20.8 Å². The molecule has 0 aliphatic heterocycles. The van der Waals surface area contributed by atoms with Gasteiger partial charge in [0.2, 0.25) is 11.8 Å². The summed E-state index contributed by atoms with van der Waals surface area (Å²) in [6.07, 6.45) is 0. The summed E-state index contributed by atoms with van der Waals surface area (Å²) in [4.78, 5) is 33.0. The number of hydrogen-bond acceptors (Lipinski definition) is 3. The Balaban J connectivity index is 4.33. The minimum absolute atomic E-state index is 0.0339. The molecule has 2 amide bonds. The third-order valence-corrected chi connectivity index (χ3v) is 2.01. The Hall–Kier alpha value is -1.85. The number of carboxylic acid groups (broad SMARTS) is 1. The predicted molar refractivity (Wildman–Crippen MR) is 57.7 cm³/mol. The van der Waals surface area contributed by atoms with Crippen LogP contribution in [0.2, 0.25) is 0 Å². The summed E-state index contributed by atoms with van der Waals surface area (Å²) in [6, 6.07) is 0. The Morgan fingerprint density at radius 1 is 1.06 bits per heavy atom. The number of carbonyl (C=O) groups excluding carboxylic acids is 2. The fourth-order valence-corrected chi connectivity index (χ4v) is 0.884. The number of rotatable bonds is 5. The molecule has 0 aromatic rings. The highest BCUT2D eigenvalue weighted by Crippen LogP contribution is 2.02. The molecule has 0 spiro atoms. The maximum absolute atomic E-state index is 11.4. The van der Waals surface area contributed by atoms with Crippen molar-refractivity contribution in [3.05, 3.63) is 11.1 Å². The van der Waals surface area contributed by atoms with Gasteiger partial charge in [0, 0.05) is 17.7 Å². The first-order chi connectivity index (χ1) is 7.40. The highest BCUT2D eigenvalue weighted by atomic mass is 16.4. The second-order valence-corrected chi connectivity index (χ2v) is 3.19. The molecule has 3 N–H and O–H groups in total. The van der Waals surface area contributed by atoms with Crippen LogP contribution in [0.3, 0.4) is 0 Å². The van der Waals surface area contributed by atoms with Crippen molar-refractivity contribution in [2.75, 3.05) is 13.1 Å². The maximum Gasteiger partial charge on any atom is 0.331 e. The molecule has 0 aliphatic rings. The number of likely N-dealkylation sites (N-methyl/N-ethyl adjacent to an activating group) is 1. The topological polar surface area (TPSA) is 95.5 Å². The van der Waals surface area contributed by atoms with Crippen LogP contribution in [0.5, 0.6) is 0 Å². The van der Waals surface area contributed by atoms with E-state index in [-0.39, 0.29) is 23.6 Å². The van der Waals surface area contributed by atoms with E-state index in [0.29, 0.717) is 6.54 Å². The number of amides is 2. The minimum atomic E-state index is -1.15. The van der Waals surface area contributed by atoms with Gasteiger partial charge in [0.25, 0.3) is 0 Å². The third-order valence-electron chi connectivity index (χ3n) is 2.01. The smallest absolute Gasteiger partial charge is 0.331 e. The van der Waals surface area contributed by atoms with Gasteiger partial charge >= 0.3 is 5.97 Å². The van der Waals surface area contributed by atoms with Gasteiger partial charge in [-0.2, -0.15) is 0 Å². The van der Waals surface area contributed by atoms with E-state index in [1.54, 1.807) is 6.92 Å². The van der Waals surface area contributed by atoms with Gasteiger partial charge in [-0.25, -0.2) is 4.79 Å². The van der Waals surface area contributed by atoms with Crippen molar-refractivity contribution < 1.29 is 19.5 Å². The van der Waals surface area contributed by atoms with Gasteiger partial charge in [0.1, 0.15) is 0 Å². The molecule has 0 aromatic heterocycles. The number of aliphatic carboxylic acids is 1. The monoisotopic (exact) mass is 228 g/mol. The second kappa shape index (κ2) is 6.60.